The summed E-state index contributed by atoms with van der Waals surface area (Å²) in [5.41, 5.74) is -0.0410. The molecule has 125 heavy (non-hydrogen) atoms. The first kappa shape index (κ1) is 113. The summed E-state index contributed by atoms with van der Waals surface area (Å²) < 4.78 is 386. The molecule has 0 aromatic carbocycles. The molecule has 0 aromatic rings. The van der Waals surface area contributed by atoms with E-state index in [1.165, 1.54) is 27.7 Å². The van der Waals surface area contributed by atoms with Gasteiger partial charge < -0.3 is 61.6 Å². The fourth-order valence-electron chi connectivity index (χ4n) is 11.4. The highest BCUT2D eigenvalue weighted by atomic mass is 19.4. The average molecular weight is 1870 g/mol. The summed E-state index contributed by atoms with van der Waals surface area (Å²) in [4.78, 5) is 156. The Morgan fingerprint density at radius 2 is 0.560 bits per heavy atom. The molecule has 0 radical (unpaired) electrons. The van der Waals surface area contributed by atoms with Crippen LogP contribution in [0.5, 0.6) is 0 Å². The monoisotopic (exact) mass is 1870 g/mol. The molecule has 0 N–H and O–H groups in total. The molecule has 0 heterocycles. The molecule has 26 nitrogen and oxygen atoms in total. The third-order valence-corrected chi connectivity index (χ3v) is 17.3. The Hall–Kier alpha value is -9.75. The minimum Gasteiger partial charge on any atom is -0.466 e. The summed E-state index contributed by atoms with van der Waals surface area (Å²) in [7, 11) is 0. The Morgan fingerprint density at radius 3 is 0.912 bits per heavy atom. The van der Waals surface area contributed by atoms with Gasteiger partial charge in [-0.1, -0.05) is 26.3 Å². The van der Waals surface area contributed by atoms with Gasteiger partial charge in [-0.15, -0.1) is 0 Å². The zero-order chi connectivity index (χ0) is 96.9. The normalized spacial score (nSPS) is 22.0. The Balaban J connectivity index is 0.000000848. The van der Waals surface area contributed by atoms with Crippen molar-refractivity contribution in [2.45, 2.75) is 210 Å². The molecule has 4 saturated carbocycles. The molecule has 52 heteroatoms. The third kappa shape index (κ3) is 44.8. The maximum Gasteiger partial charge on any atom is 0.456 e. The van der Waals surface area contributed by atoms with Crippen LogP contribution in [0.2, 0.25) is 0 Å². The van der Waals surface area contributed by atoms with Crippen molar-refractivity contribution in [2.75, 3.05) is 66.1 Å². The van der Waals surface area contributed by atoms with Gasteiger partial charge >= 0.3 is 121 Å². The minimum absolute atomic E-state index is 0.0242. The number of carbonyl (C=O) groups is 13. The van der Waals surface area contributed by atoms with Gasteiger partial charge in [-0.05, 0) is 112 Å². The van der Waals surface area contributed by atoms with Crippen molar-refractivity contribution in [3.8, 4) is 0 Å². The Morgan fingerprint density at radius 1 is 0.280 bits per heavy atom. The van der Waals surface area contributed by atoms with E-state index in [0.29, 0.717) is 6.92 Å². The molecule has 4 fully saturated rings. The fraction of sp³-hybridized carbons (Fsp3) is 0.712. The van der Waals surface area contributed by atoms with Crippen LogP contribution in [0.3, 0.4) is 0 Å². The van der Waals surface area contributed by atoms with E-state index >= 15 is 0 Å². The Bertz CT molecular complexity index is 3730. The van der Waals surface area contributed by atoms with E-state index in [9.17, 15) is 176 Å². The number of alkyl halides is 26. The van der Waals surface area contributed by atoms with E-state index < -0.39 is 308 Å². The number of carbonyl (C=O) groups excluding carboxylic acids is 13. The van der Waals surface area contributed by atoms with Crippen LogP contribution in [0.15, 0.2) is 48.6 Å². The SMILES string of the molecule is C=C(C)C(=O)OC1CC(C(=O)OCC(C)(F)F)CCC1C(=O)OCC(F)(F)C(F)(F)F.C=C(C)C(=O)OC1CC(C(=O)OCC)CCC1C(=O)OCC(F)(F)F.C=C(C)C(=O)OC1CCC(C(=O)OCC(F)(F)F)CC1C(=O)OCC(F)(F)F.C=C(C)C(=O)OCCOC(=O)C1CCC(C(=O)OCC(F)(F)CC(F)(F)F)C(C(=O)OCC(F)(F)CC(F)(F)F)C1. The lowest BCUT2D eigenvalue weighted by Crippen LogP contribution is -2.45. The number of rotatable bonds is 33. The van der Waals surface area contributed by atoms with Crippen LogP contribution in [0, 0.1) is 53.3 Å². The maximum absolute atomic E-state index is 13.6. The second kappa shape index (κ2) is 48.3. The van der Waals surface area contributed by atoms with E-state index in [1.807, 2.05) is 0 Å². The summed E-state index contributed by atoms with van der Waals surface area (Å²) in [6.07, 6.45) is -42.7. The van der Waals surface area contributed by atoms with Crippen molar-refractivity contribution in [3.05, 3.63) is 48.6 Å². The van der Waals surface area contributed by atoms with Crippen LogP contribution >= 0.6 is 0 Å². The third-order valence-electron chi connectivity index (χ3n) is 17.3. The first-order valence-corrected chi connectivity index (χ1v) is 36.5. The Labute approximate surface area is 692 Å². The van der Waals surface area contributed by atoms with Gasteiger partial charge in [0.15, 0.2) is 46.2 Å². The summed E-state index contributed by atoms with van der Waals surface area (Å²) >= 11 is 0. The van der Waals surface area contributed by atoms with E-state index in [-0.39, 0.29) is 80.3 Å². The summed E-state index contributed by atoms with van der Waals surface area (Å²) in [6.45, 7) is 7.01. The quantitative estimate of drug-likeness (QED) is 0.0194. The maximum atomic E-state index is 13.6. The van der Waals surface area contributed by atoms with Gasteiger partial charge in [0.1, 0.15) is 44.4 Å². The van der Waals surface area contributed by atoms with Crippen LogP contribution < -0.4 is 0 Å². The molecule has 4 aliphatic rings. The summed E-state index contributed by atoms with van der Waals surface area (Å²) in [6, 6.07) is 0. The highest BCUT2D eigenvalue weighted by Crippen LogP contribution is 2.43. The molecule has 0 aromatic heterocycles. The Kier molecular flexibility index (Phi) is 43.7. The molecular weight excluding hydrogens is 1790 g/mol. The van der Waals surface area contributed by atoms with Crippen LogP contribution in [0.4, 0.5) is 114 Å². The predicted molar refractivity (Wildman–Crippen MR) is 362 cm³/mol. The molecule has 12 unspecified atom stereocenters. The molecule has 12 atom stereocenters. The number of hydrogen-bond acceptors (Lipinski definition) is 26. The standard InChI is InChI=1S/C23H26F10O8.C18H21F7O6.C16H18F6O6.C16H21F3O6/c1-12(2)16(34)38-5-6-39-17(35)13-3-4-14(18(36)40-10-20(24,25)8-22(28,29)30)15(7-13)19(37)41-11-21(26,27)9-23(31,32)33;1-9(2)13(26)31-12-6-10(14(27)29-7-16(3,19)20)4-5-11(12)15(28)30-8-17(21,22)18(23,24)25;1-8(2)12(23)28-11-4-3-9(13(24)26-6-15(17,18)19)5-10(11)14(25)27-7-16(20,21)22;1-4-23-14(21)10-5-6-11(15(22)24-8-16(17,18)19)12(7-10)25-13(20)9(2)3/h13-15H,1,3-11H2,2H3;10-12H,1,4-8H2,2-3H3;9-11H,1,3-7H2,2H3;10-12H,2,4-8H2,1,3H3. The van der Waals surface area contributed by atoms with Crippen LogP contribution in [-0.4, -0.2) is 223 Å². The zero-order valence-electron chi connectivity index (χ0n) is 66.7. The lowest BCUT2D eigenvalue weighted by molar-refractivity contribution is -0.294. The number of esters is 13. The molecule has 4 rings (SSSR count). The van der Waals surface area contributed by atoms with Gasteiger partial charge in [0.05, 0.1) is 59.9 Å². The van der Waals surface area contributed by atoms with Crippen molar-refractivity contribution in [2.24, 2.45) is 53.3 Å². The zero-order valence-corrected chi connectivity index (χ0v) is 66.7. The fourth-order valence-corrected chi connectivity index (χ4v) is 11.4. The van der Waals surface area contributed by atoms with Crippen molar-refractivity contribution in [1.82, 2.24) is 0 Å². The highest BCUT2D eigenvalue weighted by Gasteiger charge is 2.59. The lowest BCUT2D eigenvalue weighted by atomic mass is 9.74. The van der Waals surface area contributed by atoms with Crippen LogP contribution in [-0.2, 0) is 124 Å². The minimum atomic E-state index is -5.94. The second-order valence-corrected chi connectivity index (χ2v) is 28.7. The molecular formula is C73H86F26O26. The van der Waals surface area contributed by atoms with Crippen molar-refractivity contribution in [3.63, 3.8) is 0 Å². The topological polar surface area (TPSA) is 342 Å². The molecule has 0 bridgehead atoms. The molecule has 0 aliphatic heterocycles. The van der Waals surface area contributed by atoms with Crippen molar-refractivity contribution >= 4 is 77.6 Å². The summed E-state index contributed by atoms with van der Waals surface area (Å²) in [5.74, 6) is -44.2. The van der Waals surface area contributed by atoms with Crippen molar-refractivity contribution < 1.29 is 238 Å². The van der Waals surface area contributed by atoms with Gasteiger partial charge in [0.25, 0.3) is 17.8 Å². The second-order valence-electron chi connectivity index (χ2n) is 28.7. The van der Waals surface area contributed by atoms with Gasteiger partial charge in [0, 0.05) is 29.2 Å². The van der Waals surface area contributed by atoms with Gasteiger partial charge in [-0.2, -0.15) is 87.8 Å². The van der Waals surface area contributed by atoms with E-state index in [2.05, 4.69) is 59.5 Å². The van der Waals surface area contributed by atoms with E-state index in [0.717, 1.165) is 0 Å². The highest BCUT2D eigenvalue weighted by molar-refractivity contribution is 5.90. The molecule has 0 spiro atoms. The van der Waals surface area contributed by atoms with Crippen LogP contribution in [0.1, 0.15) is 131 Å². The first-order chi connectivity index (χ1) is 56.7. The van der Waals surface area contributed by atoms with E-state index in [4.69, 9.17) is 28.4 Å². The molecule has 4 aliphatic carbocycles. The first-order valence-electron chi connectivity index (χ1n) is 36.5. The average Bonchev–Trinajstić information content (AvgIpc) is 0.804. The lowest BCUT2D eigenvalue weighted by Gasteiger charge is -2.33. The smallest absolute Gasteiger partial charge is 0.456 e. The predicted octanol–water partition coefficient (Wildman–Crippen LogP) is 14.4. The molecule has 0 saturated heterocycles. The van der Waals surface area contributed by atoms with Gasteiger partial charge in [-0.3, -0.25) is 43.2 Å². The van der Waals surface area contributed by atoms with Crippen LogP contribution in [0.25, 0.3) is 0 Å². The van der Waals surface area contributed by atoms with E-state index in [1.54, 1.807) is 6.92 Å². The number of ether oxygens (including phenoxy) is 13. The largest absolute Gasteiger partial charge is 0.466 e. The van der Waals surface area contributed by atoms with Gasteiger partial charge in [0.2, 0.25) is 0 Å². The number of hydrogen-bond donors (Lipinski definition) is 0. The van der Waals surface area contributed by atoms with Gasteiger partial charge in [-0.25, -0.2) is 45.5 Å². The molecule has 716 valence electrons. The number of halogens is 26. The molecule has 0 amide bonds. The summed E-state index contributed by atoms with van der Waals surface area (Å²) in [5, 5.41) is 0. The van der Waals surface area contributed by atoms with Crippen molar-refractivity contribution in [1.29, 1.82) is 0 Å².